The Morgan fingerprint density at radius 3 is 2.65 bits per heavy atom. The zero-order valence-electron chi connectivity index (χ0n) is 27.8. The van der Waals surface area contributed by atoms with Gasteiger partial charge in [-0.3, -0.25) is 4.79 Å². The summed E-state index contributed by atoms with van der Waals surface area (Å²) < 4.78 is 51.6. The van der Waals surface area contributed by atoms with Crippen molar-refractivity contribution in [1.29, 1.82) is 0 Å². The molecule has 4 N–H and O–H groups in total. The van der Waals surface area contributed by atoms with Gasteiger partial charge in [-0.2, -0.15) is 4.31 Å². The molecular formula is C34H46N4O9S. The van der Waals surface area contributed by atoms with Gasteiger partial charge in [0.2, 0.25) is 10.0 Å². The van der Waals surface area contributed by atoms with Crippen molar-refractivity contribution in [2.24, 2.45) is 11.8 Å². The molecule has 48 heavy (non-hydrogen) atoms. The van der Waals surface area contributed by atoms with Gasteiger partial charge in [0.1, 0.15) is 6.10 Å². The van der Waals surface area contributed by atoms with E-state index >= 15 is 0 Å². The number of rotatable bonds is 15. The molecule has 14 heteroatoms. The predicted molar refractivity (Wildman–Crippen MR) is 178 cm³/mol. The van der Waals surface area contributed by atoms with Crippen molar-refractivity contribution in [1.82, 2.24) is 14.9 Å². The Hall–Kier alpha value is -3.53. The second-order valence-electron chi connectivity index (χ2n) is 12.8. The number of alkyl carbamates (subject to hydrolysis) is 1. The summed E-state index contributed by atoms with van der Waals surface area (Å²) in [7, 11) is -2.59. The van der Waals surface area contributed by atoms with E-state index in [2.05, 4.69) is 16.0 Å². The lowest BCUT2D eigenvalue weighted by atomic mass is 10.0. The fourth-order valence-corrected chi connectivity index (χ4v) is 7.94. The number of amides is 2. The normalized spacial score (nSPS) is 22.6. The Morgan fingerprint density at radius 2 is 1.92 bits per heavy atom. The largest absolute Gasteiger partial charge is 0.443 e. The van der Waals surface area contributed by atoms with Gasteiger partial charge in [0.15, 0.2) is 6.29 Å². The van der Waals surface area contributed by atoms with Crippen LogP contribution in [0.2, 0.25) is 0 Å². The van der Waals surface area contributed by atoms with Gasteiger partial charge in [0.05, 0.1) is 48.4 Å². The number of nitrogens with zero attached hydrogens (tertiary/aromatic N) is 1. The minimum Gasteiger partial charge on any atom is -0.443 e. The van der Waals surface area contributed by atoms with E-state index in [-0.39, 0.29) is 55.0 Å². The molecule has 2 amide bonds. The van der Waals surface area contributed by atoms with Crippen LogP contribution in [-0.2, 0) is 40.2 Å². The molecule has 2 aromatic carbocycles. The van der Waals surface area contributed by atoms with E-state index in [4.69, 9.17) is 18.9 Å². The second-order valence-corrected chi connectivity index (χ2v) is 14.7. The van der Waals surface area contributed by atoms with Crippen LogP contribution in [0.4, 0.5) is 10.5 Å². The molecule has 0 aromatic heterocycles. The maximum Gasteiger partial charge on any atom is 0.407 e. The van der Waals surface area contributed by atoms with E-state index < -0.39 is 34.4 Å². The van der Waals surface area contributed by atoms with Gasteiger partial charge in [0, 0.05) is 43.7 Å². The van der Waals surface area contributed by atoms with E-state index in [0.717, 1.165) is 12.0 Å². The average Bonchev–Trinajstić information content (AvgIpc) is 3.75. The molecule has 5 unspecified atom stereocenters. The number of aliphatic hydroxyl groups is 1. The molecule has 2 aromatic rings. The number of sulfonamides is 1. The monoisotopic (exact) mass is 686 g/mol. The van der Waals surface area contributed by atoms with Crippen molar-refractivity contribution in [2.75, 3.05) is 51.9 Å². The lowest BCUT2D eigenvalue weighted by Gasteiger charge is -2.31. The molecule has 3 heterocycles. The molecule has 2 fully saturated rings. The topological polar surface area (TPSA) is 165 Å². The maximum absolute atomic E-state index is 14.2. The van der Waals surface area contributed by atoms with Crippen molar-refractivity contribution in [3.63, 3.8) is 0 Å². The number of fused-ring (bicyclic) bond motifs is 2. The summed E-state index contributed by atoms with van der Waals surface area (Å²) in [6, 6.07) is 13.0. The quantitative estimate of drug-likeness (QED) is 0.162. The summed E-state index contributed by atoms with van der Waals surface area (Å²) >= 11 is 0. The number of hydrogen-bond donors (Lipinski definition) is 4. The zero-order valence-corrected chi connectivity index (χ0v) is 28.6. The number of nitrogens with one attached hydrogen (secondary N) is 3. The van der Waals surface area contributed by atoms with Gasteiger partial charge in [-0.05, 0) is 49.4 Å². The first-order chi connectivity index (χ1) is 23.0. The molecule has 0 saturated carbocycles. The number of methoxy groups -OCH3 is 1. The highest BCUT2D eigenvalue weighted by atomic mass is 32.2. The van der Waals surface area contributed by atoms with E-state index in [1.807, 2.05) is 44.2 Å². The summed E-state index contributed by atoms with van der Waals surface area (Å²) in [6.45, 7) is 7.00. The Bertz CT molecular complexity index is 1580. The molecule has 262 valence electrons. The highest BCUT2D eigenvalue weighted by Gasteiger charge is 2.44. The van der Waals surface area contributed by atoms with Gasteiger partial charge >= 0.3 is 6.09 Å². The summed E-state index contributed by atoms with van der Waals surface area (Å²) in [4.78, 5) is 26.0. The van der Waals surface area contributed by atoms with Crippen LogP contribution in [0, 0.1) is 11.8 Å². The van der Waals surface area contributed by atoms with Crippen LogP contribution in [0.15, 0.2) is 59.1 Å². The lowest BCUT2D eigenvalue weighted by Crippen LogP contribution is -2.51. The zero-order chi connectivity index (χ0) is 34.4. The third-order valence-corrected chi connectivity index (χ3v) is 10.5. The Kier molecular flexibility index (Phi) is 11.8. The molecule has 2 saturated heterocycles. The molecule has 0 bridgehead atoms. The van der Waals surface area contributed by atoms with Crippen molar-refractivity contribution < 1.29 is 42.1 Å². The minimum absolute atomic E-state index is 0.0191. The van der Waals surface area contributed by atoms with Gasteiger partial charge in [-0.15, -0.1) is 0 Å². The molecular weight excluding hydrogens is 640 g/mol. The number of carbonyl (C=O) groups excluding carboxylic acids is 2. The minimum atomic E-state index is -4.17. The maximum atomic E-state index is 14.2. The number of allylic oxidation sites excluding steroid dienone is 1. The van der Waals surface area contributed by atoms with Gasteiger partial charge in [-0.1, -0.05) is 44.2 Å². The summed E-state index contributed by atoms with van der Waals surface area (Å²) in [5.74, 6) is -0.474. The summed E-state index contributed by atoms with van der Waals surface area (Å²) in [5.41, 5.74) is 2.76. The molecule has 5 rings (SSSR count). The number of aliphatic hydroxyl groups excluding tert-OH is 1. The van der Waals surface area contributed by atoms with Crippen LogP contribution < -0.4 is 16.0 Å². The van der Waals surface area contributed by atoms with E-state index in [0.29, 0.717) is 42.3 Å². The van der Waals surface area contributed by atoms with Crippen LogP contribution >= 0.6 is 0 Å². The second kappa shape index (κ2) is 15.8. The highest BCUT2D eigenvalue weighted by molar-refractivity contribution is 7.89. The summed E-state index contributed by atoms with van der Waals surface area (Å²) in [5, 5.41) is 20.4. The van der Waals surface area contributed by atoms with Gasteiger partial charge < -0.3 is 40.0 Å². The van der Waals surface area contributed by atoms with Crippen LogP contribution in [0.1, 0.15) is 38.3 Å². The number of ether oxygens (including phenoxy) is 4. The molecule has 13 nitrogen and oxygen atoms in total. The van der Waals surface area contributed by atoms with Crippen LogP contribution in [0.3, 0.4) is 0 Å². The molecule has 0 aliphatic carbocycles. The van der Waals surface area contributed by atoms with Crippen LogP contribution in [-0.4, -0.2) is 101 Å². The van der Waals surface area contributed by atoms with E-state index in [1.54, 1.807) is 20.1 Å². The number of hydrogen-bond acceptors (Lipinski definition) is 10. The SMILES string of the molecule is COCCN/C(C)=C1/C(=O)Nc2ccc(S(=O)(=O)N(CC(C)C)CC(O)C(Cc3ccccc3)NC(=O)OC3COC4OCCC34)cc21. The first-order valence-corrected chi connectivity index (χ1v) is 17.7. The van der Waals surface area contributed by atoms with Gasteiger partial charge in [-0.25, -0.2) is 13.2 Å². The average molecular weight is 687 g/mol. The Morgan fingerprint density at radius 1 is 1.15 bits per heavy atom. The fraction of sp³-hybridized carbons (Fsp3) is 0.529. The predicted octanol–water partition coefficient (Wildman–Crippen LogP) is 2.71. The van der Waals surface area contributed by atoms with Crippen molar-refractivity contribution >= 4 is 33.3 Å². The number of carbonyl (C=O) groups is 2. The number of anilines is 1. The lowest BCUT2D eigenvalue weighted by molar-refractivity contribution is -0.110. The molecule has 3 aliphatic rings. The number of benzene rings is 2. The fourth-order valence-electron chi connectivity index (χ4n) is 6.29. The third-order valence-electron chi connectivity index (χ3n) is 8.71. The first-order valence-electron chi connectivity index (χ1n) is 16.3. The van der Waals surface area contributed by atoms with Crippen molar-refractivity contribution in [3.05, 3.63) is 65.4 Å². The smallest absolute Gasteiger partial charge is 0.407 e. The van der Waals surface area contributed by atoms with Crippen molar-refractivity contribution in [2.45, 2.75) is 63.0 Å². The molecule has 0 spiro atoms. The van der Waals surface area contributed by atoms with Crippen LogP contribution in [0.5, 0.6) is 0 Å². The highest BCUT2D eigenvalue weighted by Crippen LogP contribution is 2.36. The van der Waals surface area contributed by atoms with Gasteiger partial charge in [0.25, 0.3) is 5.91 Å². The Balaban J connectivity index is 1.37. The molecule has 3 aliphatic heterocycles. The van der Waals surface area contributed by atoms with E-state index in [9.17, 15) is 23.1 Å². The Labute approximate surface area is 282 Å². The van der Waals surface area contributed by atoms with E-state index in [1.165, 1.54) is 16.4 Å². The standard InChI is InChI=1S/C34H46N4O9S/c1-21(2)18-38(48(42,43)24-10-11-27-26(17-24)31(32(40)36-27)22(3)35-13-15-44-4)19-29(39)28(16-23-8-6-5-7-9-23)37-34(41)47-30-20-46-33-25(30)12-14-45-33/h5-11,17,21,25,28-30,33,35,39H,12-16,18-20H2,1-4H3,(H,36,40)(H,37,41)/b31-22+. The summed E-state index contributed by atoms with van der Waals surface area (Å²) in [6.07, 6.45) is -1.94. The third kappa shape index (κ3) is 8.36. The van der Waals surface area contributed by atoms with Crippen LogP contribution in [0.25, 0.3) is 5.57 Å². The molecule has 0 radical (unpaired) electrons. The first kappa shape index (κ1) is 35.8. The van der Waals surface area contributed by atoms with Crippen molar-refractivity contribution in [3.8, 4) is 0 Å². The molecule has 5 atom stereocenters.